The molecule has 0 radical (unpaired) electrons. The van der Waals surface area contributed by atoms with Crippen molar-refractivity contribution in [3.8, 4) is 11.5 Å². The van der Waals surface area contributed by atoms with Crippen LogP contribution in [0.2, 0.25) is 10.0 Å². The zero-order chi connectivity index (χ0) is 16.2. The Balaban J connectivity index is 1.65. The number of halogens is 2. The molecular weight excluding hydrogens is 333 g/mol. The Morgan fingerprint density at radius 3 is 2.48 bits per heavy atom. The van der Waals surface area contributed by atoms with Crippen LogP contribution in [0.15, 0.2) is 52.9 Å². The Morgan fingerprint density at radius 2 is 1.74 bits per heavy atom. The molecular formula is C17H15Cl2N3O. The number of hydrogen-bond acceptors (Lipinski definition) is 4. The van der Waals surface area contributed by atoms with Crippen LogP contribution in [0.5, 0.6) is 0 Å². The number of rotatable bonds is 5. The third kappa shape index (κ3) is 4.10. The van der Waals surface area contributed by atoms with Crippen LogP contribution >= 0.6 is 23.2 Å². The first-order chi connectivity index (χ1) is 11.1. The van der Waals surface area contributed by atoms with Gasteiger partial charge in [-0.3, -0.25) is 4.90 Å². The molecule has 2 aromatic carbocycles. The summed E-state index contributed by atoms with van der Waals surface area (Å²) in [4.78, 5) is 2.07. The predicted octanol–water partition coefficient (Wildman–Crippen LogP) is 4.68. The molecule has 0 bridgehead atoms. The average molecular weight is 348 g/mol. The Kier molecular flexibility index (Phi) is 4.96. The number of hydrogen-bond donors (Lipinski definition) is 0. The highest BCUT2D eigenvalue weighted by atomic mass is 35.5. The van der Waals surface area contributed by atoms with E-state index in [0.29, 0.717) is 34.9 Å². The molecule has 1 aromatic heterocycles. The number of aromatic nitrogens is 2. The third-order valence-electron chi connectivity index (χ3n) is 3.33. The highest BCUT2D eigenvalue weighted by Crippen LogP contribution is 2.23. The van der Waals surface area contributed by atoms with Crippen molar-refractivity contribution in [2.45, 2.75) is 13.1 Å². The summed E-state index contributed by atoms with van der Waals surface area (Å²) in [6, 6.07) is 15.3. The highest BCUT2D eigenvalue weighted by Gasteiger charge is 2.11. The molecule has 23 heavy (non-hydrogen) atoms. The molecule has 0 atom stereocenters. The summed E-state index contributed by atoms with van der Waals surface area (Å²) in [5, 5.41) is 9.31. The Morgan fingerprint density at radius 1 is 0.957 bits per heavy atom. The van der Waals surface area contributed by atoms with Crippen molar-refractivity contribution < 1.29 is 4.42 Å². The summed E-state index contributed by atoms with van der Waals surface area (Å²) in [6.07, 6.45) is 0. The molecule has 0 amide bonds. The smallest absolute Gasteiger partial charge is 0.247 e. The minimum absolute atomic E-state index is 0.531. The van der Waals surface area contributed by atoms with E-state index in [2.05, 4.69) is 15.1 Å². The zero-order valence-corrected chi connectivity index (χ0v) is 14.1. The lowest BCUT2D eigenvalue weighted by Crippen LogP contribution is -2.17. The molecule has 1 heterocycles. The first kappa shape index (κ1) is 16.0. The largest absolute Gasteiger partial charge is 0.419 e. The lowest BCUT2D eigenvalue weighted by molar-refractivity contribution is 0.283. The first-order valence-electron chi connectivity index (χ1n) is 7.12. The van der Waals surface area contributed by atoms with Crippen molar-refractivity contribution in [2.24, 2.45) is 0 Å². The predicted molar refractivity (Wildman–Crippen MR) is 91.4 cm³/mol. The molecule has 0 fully saturated rings. The van der Waals surface area contributed by atoms with Gasteiger partial charge in [-0.15, -0.1) is 10.2 Å². The molecule has 3 aromatic rings. The normalized spacial score (nSPS) is 11.1. The standard InChI is InChI=1S/C17H15Cl2N3O/c1-22(10-12-7-8-14(18)15(19)9-12)11-16-20-21-17(23-16)13-5-3-2-4-6-13/h2-9H,10-11H2,1H3. The molecule has 3 rings (SSSR count). The van der Waals surface area contributed by atoms with Gasteiger partial charge >= 0.3 is 0 Å². The van der Waals surface area contributed by atoms with Crippen molar-refractivity contribution in [1.29, 1.82) is 0 Å². The maximum absolute atomic E-state index is 6.04. The van der Waals surface area contributed by atoms with Crippen LogP contribution in [-0.4, -0.2) is 22.1 Å². The van der Waals surface area contributed by atoms with Gasteiger partial charge in [0.1, 0.15) is 0 Å². The van der Waals surface area contributed by atoms with Crippen LogP contribution in [0.4, 0.5) is 0 Å². The van der Waals surface area contributed by atoms with E-state index in [1.807, 2.05) is 49.5 Å². The fraction of sp³-hybridized carbons (Fsp3) is 0.176. The van der Waals surface area contributed by atoms with Gasteiger partial charge in [0, 0.05) is 12.1 Å². The van der Waals surface area contributed by atoms with Crippen molar-refractivity contribution in [3.05, 3.63) is 70.0 Å². The molecule has 0 N–H and O–H groups in total. The lowest BCUT2D eigenvalue weighted by Gasteiger charge is -2.14. The van der Waals surface area contributed by atoms with E-state index < -0.39 is 0 Å². The third-order valence-corrected chi connectivity index (χ3v) is 4.07. The summed E-state index contributed by atoms with van der Waals surface area (Å²) >= 11 is 12.0. The van der Waals surface area contributed by atoms with Gasteiger partial charge in [-0.25, -0.2) is 0 Å². The Labute approximate surface area is 144 Å². The van der Waals surface area contributed by atoms with Crippen LogP contribution in [0.1, 0.15) is 11.5 Å². The fourth-order valence-corrected chi connectivity index (χ4v) is 2.57. The van der Waals surface area contributed by atoms with Gasteiger partial charge in [0.2, 0.25) is 11.8 Å². The van der Waals surface area contributed by atoms with E-state index in [1.54, 1.807) is 6.07 Å². The molecule has 0 spiro atoms. The number of nitrogens with zero attached hydrogens (tertiary/aromatic N) is 3. The van der Waals surface area contributed by atoms with E-state index in [4.69, 9.17) is 27.6 Å². The summed E-state index contributed by atoms with van der Waals surface area (Å²) in [5.74, 6) is 1.11. The molecule has 0 aliphatic heterocycles. The van der Waals surface area contributed by atoms with Crippen LogP contribution < -0.4 is 0 Å². The molecule has 0 saturated heterocycles. The van der Waals surface area contributed by atoms with Crippen molar-refractivity contribution in [2.75, 3.05) is 7.05 Å². The van der Waals surface area contributed by atoms with Crippen molar-refractivity contribution in [1.82, 2.24) is 15.1 Å². The van der Waals surface area contributed by atoms with Gasteiger partial charge in [0.15, 0.2) is 0 Å². The van der Waals surface area contributed by atoms with Crippen LogP contribution in [0.25, 0.3) is 11.5 Å². The molecule has 4 nitrogen and oxygen atoms in total. The van der Waals surface area contributed by atoms with Gasteiger partial charge in [0.25, 0.3) is 0 Å². The van der Waals surface area contributed by atoms with E-state index in [1.165, 1.54) is 0 Å². The van der Waals surface area contributed by atoms with Crippen LogP contribution in [-0.2, 0) is 13.1 Å². The second kappa shape index (κ2) is 7.13. The van der Waals surface area contributed by atoms with E-state index in [-0.39, 0.29) is 0 Å². The summed E-state index contributed by atoms with van der Waals surface area (Å²) in [5.41, 5.74) is 1.99. The van der Waals surface area contributed by atoms with Crippen molar-refractivity contribution >= 4 is 23.2 Å². The highest BCUT2D eigenvalue weighted by molar-refractivity contribution is 6.42. The van der Waals surface area contributed by atoms with Crippen LogP contribution in [0, 0.1) is 0 Å². The minimum atomic E-state index is 0.531. The van der Waals surface area contributed by atoms with Gasteiger partial charge < -0.3 is 4.42 Å². The topological polar surface area (TPSA) is 42.2 Å². The van der Waals surface area contributed by atoms with Gasteiger partial charge in [0.05, 0.1) is 16.6 Å². The van der Waals surface area contributed by atoms with E-state index in [9.17, 15) is 0 Å². The van der Waals surface area contributed by atoms with Gasteiger partial charge in [-0.1, -0.05) is 47.5 Å². The Hall–Kier alpha value is -1.88. The summed E-state index contributed by atoms with van der Waals surface area (Å²) < 4.78 is 5.71. The molecule has 118 valence electrons. The quantitative estimate of drug-likeness (QED) is 0.672. The fourth-order valence-electron chi connectivity index (χ4n) is 2.25. The van der Waals surface area contributed by atoms with Gasteiger partial charge in [-0.2, -0.15) is 0 Å². The monoisotopic (exact) mass is 347 g/mol. The lowest BCUT2D eigenvalue weighted by atomic mass is 10.2. The molecule has 6 heteroatoms. The second-order valence-electron chi connectivity index (χ2n) is 5.29. The van der Waals surface area contributed by atoms with E-state index >= 15 is 0 Å². The van der Waals surface area contributed by atoms with Crippen LogP contribution in [0.3, 0.4) is 0 Å². The molecule has 0 aliphatic carbocycles. The molecule has 0 unspecified atom stereocenters. The molecule has 0 aliphatic rings. The van der Waals surface area contributed by atoms with E-state index in [0.717, 1.165) is 11.1 Å². The SMILES string of the molecule is CN(Cc1ccc(Cl)c(Cl)c1)Cc1nnc(-c2ccccc2)o1. The minimum Gasteiger partial charge on any atom is -0.419 e. The first-order valence-corrected chi connectivity index (χ1v) is 7.87. The zero-order valence-electron chi connectivity index (χ0n) is 12.5. The summed E-state index contributed by atoms with van der Waals surface area (Å²) in [7, 11) is 1.98. The Bertz CT molecular complexity index is 790. The van der Waals surface area contributed by atoms with Gasteiger partial charge in [-0.05, 0) is 36.9 Å². The maximum Gasteiger partial charge on any atom is 0.247 e. The van der Waals surface area contributed by atoms with Crippen molar-refractivity contribution in [3.63, 3.8) is 0 Å². The molecule has 0 saturated carbocycles. The second-order valence-corrected chi connectivity index (χ2v) is 6.10. The summed E-state index contributed by atoms with van der Waals surface area (Å²) in [6.45, 7) is 1.26. The average Bonchev–Trinajstić information content (AvgIpc) is 3.00. The maximum atomic E-state index is 6.04. The number of benzene rings is 2.